The van der Waals surface area contributed by atoms with Crippen LogP contribution in [-0.4, -0.2) is 10.9 Å². The molecule has 1 amide bonds. The molecule has 0 aliphatic heterocycles. The smallest absolute Gasteiger partial charge is 0.398 e. The van der Waals surface area contributed by atoms with Gasteiger partial charge in [-0.05, 0) is 73.9 Å². The first-order chi connectivity index (χ1) is 14.2. The zero-order valence-corrected chi connectivity index (χ0v) is 16.5. The van der Waals surface area contributed by atoms with Crippen molar-refractivity contribution in [3.05, 3.63) is 64.7 Å². The van der Waals surface area contributed by atoms with E-state index in [-0.39, 0.29) is 23.3 Å². The van der Waals surface area contributed by atoms with Gasteiger partial charge in [-0.15, -0.1) is 0 Å². The largest absolute Gasteiger partial charge is 0.433 e. The van der Waals surface area contributed by atoms with E-state index in [2.05, 4.69) is 10.3 Å². The van der Waals surface area contributed by atoms with E-state index in [1.54, 1.807) is 0 Å². The zero-order chi connectivity index (χ0) is 21.9. The molecule has 160 valence electrons. The Hall–Kier alpha value is -2.90. The average molecular weight is 421 g/mol. The van der Waals surface area contributed by atoms with E-state index < -0.39 is 11.9 Å². The first-order valence-electron chi connectivity index (χ1n) is 9.79. The van der Waals surface area contributed by atoms with Crippen LogP contribution in [0, 0.1) is 5.82 Å². The van der Waals surface area contributed by atoms with Crippen molar-refractivity contribution in [3.63, 3.8) is 0 Å². The Kier molecular flexibility index (Phi) is 6.43. The fourth-order valence-corrected chi connectivity index (χ4v) is 3.87. The third kappa shape index (κ3) is 4.98. The highest BCUT2D eigenvalue weighted by molar-refractivity contribution is 6.04. The van der Waals surface area contributed by atoms with Gasteiger partial charge in [0.15, 0.2) is 0 Å². The molecule has 0 radical (unpaired) electrons. The predicted molar refractivity (Wildman–Crippen MR) is 107 cm³/mol. The van der Waals surface area contributed by atoms with Crippen molar-refractivity contribution < 1.29 is 22.4 Å². The zero-order valence-electron chi connectivity index (χ0n) is 16.5. The Morgan fingerprint density at radius 2 is 1.83 bits per heavy atom. The topological polar surface area (TPSA) is 68.0 Å². The van der Waals surface area contributed by atoms with Crippen LogP contribution in [0.3, 0.4) is 0 Å². The number of nitrogens with zero attached hydrogens (tertiary/aromatic N) is 1. The lowest BCUT2D eigenvalue weighted by atomic mass is 9.79. The number of pyridine rings is 1. The molecule has 1 saturated carbocycles. The summed E-state index contributed by atoms with van der Waals surface area (Å²) in [5.41, 5.74) is 7.84. The van der Waals surface area contributed by atoms with E-state index >= 15 is 0 Å². The van der Waals surface area contributed by atoms with E-state index in [0.29, 0.717) is 48.9 Å². The average Bonchev–Trinajstić information content (AvgIpc) is 2.70. The van der Waals surface area contributed by atoms with Gasteiger partial charge in [0.05, 0.1) is 0 Å². The number of nitrogen functional groups attached to an aromatic ring is 1. The van der Waals surface area contributed by atoms with Gasteiger partial charge in [-0.3, -0.25) is 9.78 Å². The quantitative estimate of drug-likeness (QED) is 0.483. The van der Waals surface area contributed by atoms with Crippen molar-refractivity contribution in [2.75, 3.05) is 11.1 Å². The summed E-state index contributed by atoms with van der Waals surface area (Å²) in [5.74, 6) is -0.590. The third-order valence-corrected chi connectivity index (χ3v) is 5.44. The lowest BCUT2D eigenvalue weighted by Crippen LogP contribution is -2.18. The standard InChI is InChI=1S/C22H23F4N3O/c1-2-17(21(30)29-16-9-7-15(23)8-10-16)13-3-5-14(6-4-13)18-12-28-20(11-19(18)27)22(24,25)26/h7-12,14H,2-6H2,1H3,(H2,27,28)(H,29,30). The number of hydrogen-bond acceptors (Lipinski definition) is 3. The van der Waals surface area contributed by atoms with Gasteiger partial charge < -0.3 is 11.1 Å². The summed E-state index contributed by atoms with van der Waals surface area (Å²) >= 11 is 0. The Morgan fingerprint density at radius 3 is 2.37 bits per heavy atom. The minimum Gasteiger partial charge on any atom is -0.398 e. The summed E-state index contributed by atoms with van der Waals surface area (Å²) in [6.45, 7) is 1.90. The van der Waals surface area contributed by atoms with Crippen molar-refractivity contribution in [2.24, 2.45) is 0 Å². The number of hydrogen-bond donors (Lipinski definition) is 2. The Morgan fingerprint density at radius 1 is 1.20 bits per heavy atom. The molecule has 0 atom stereocenters. The van der Waals surface area contributed by atoms with Crippen molar-refractivity contribution in [2.45, 2.75) is 51.1 Å². The Bertz CT molecular complexity index is 942. The highest BCUT2D eigenvalue weighted by Crippen LogP contribution is 2.40. The van der Waals surface area contributed by atoms with Gasteiger partial charge in [0.25, 0.3) is 5.91 Å². The second kappa shape index (κ2) is 8.85. The van der Waals surface area contributed by atoms with Crippen LogP contribution in [0.5, 0.6) is 0 Å². The van der Waals surface area contributed by atoms with Crippen LogP contribution in [0.1, 0.15) is 56.2 Å². The number of anilines is 2. The summed E-state index contributed by atoms with van der Waals surface area (Å²) < 4.78 is 51.4. The molecule has 4 nitrogen and oxygen atoms in total. The number of benzene rings is 1. The number of rotatable bonds is 4. The van der Waals surface area contributed by atoms with Gasteiger partial charge >= 0.3 is 6.18 Å². The van der Waals surface area contributed by atoms with Gasteiger partial charge in [-0.2, -0.15) is 13.2 Å². The molecule has 8 heteroatoms. The number of halogens is 4. The first kappa shape index (κ1) is 21.8. The Balaban J connectivity index is 1.70. The van der Waals surface area contributed by atoms with Gasteiger partial charge in [-0.25, -0.2) is 4.39 Å². The molecule has 1 heterocycles. The van der Waals surface area contributed by atoms with Crippen LogP contribution in [0.2, 0.25) is 0 Å². The lowest BCUT2D eigenvalue weighted by Gasteiger charge is -2.27. The lowest BCUT2D eigenvalue weighted by molar-refractivity contribution is -0.141. The number of alkyl halides is 3. The molecular weight excluding hydrogens is 398 g/mol. The molecular formula is C22H23F4N3O. The maximum absolute atomic E-state index is 13.0. The third-order valence-electron chi connectivity index (χ3n) is 5.44. The highest BCUT2D eigenvalue weighted by atomic mass is 19.4. The second-order valence-electron chi connectivity index (χ2n) is 7.37. The van der Waals surface area contributed by atoms with E-state index in [9.17, 15) is 22.4 Å². The maximum atomic E-state index is 13.0. The van der Waals surface area contributed by atoms with Crippen molar-refractivity contribution in [3.8, 4) is 0 Å². The predicted octanol–water partition coefficient (Wildman–Crippen LogP) is 5.82. The highest BCUT2D eigenvalue weighted by Gasteiger charge is 2.33. The SMILES string of the molecule is CCC(C(=O)Nc1ccc(F)cc1)=C1CCC(c2cnc(C(F)(F)F)cc2N)CC1. The second-order valence-corrected chi connectivity index (χ2v) is 7.37. The van der Waals surface area contributed by atoms with Gasteiger partial charge in [0, 0.05) is 23.1 Å². The monoisotopic (exact) mass is 421 g/mol. The van der Waals surface area contributed by atoms with Crippen molar-refractivity contribution in [1.29, 1.82) is 0 Å². The molecule has 0 bridgehead atoms. The van der Waals surface area contributed by atoms with E-state index in [0.717, 1.165) is 11.6 Å². The van der Waals surface area contributed by atoms with Gasteiger partial charge in [-0.1, -0.05) is 12.5 Å². The van der Waals surface area contributed by atoms with Crippen LogP contribution in [0.15, 0.2) is 47.7 Å². The molecule has 2 aromatic rings. The number of aromatic nitrogens is 1. The molecule has 3 rings (SSSR count). The number of carbonyl (C=O) groups excluding carboxylic acids is 1. The molecule has 30 heavy (non-hydrogen) atoms. The molecule has 3 N–H and O–H groups in total. The van der Waals surface area contributed by atoms with Crippen LogP contribution in [0.4, 0.5) is 28.9 Å². The number of allylic oxidation sites excluding steroid dienone is 1. The van der Waals surface area contributed by atoms with Crippen LogP contribution in [-0.2, 0) is 11.0 Å². The molecule has 0 saturated heterocycles. The summed E-state index contributed by atoms with van der Waals surface area (Å²) in [6.07, 6.45) is -0.0738. The minimum absolute atomic E-state index is 0.00167. The molecule has 1 aliphatic rings. The van der Waals surface area contributed by atoms with Gasteiger partial charge in [0.1, 0.15) is 11.5 Å². The molecule has 1 fully saturated rings. The molecule has 1 aliphatic carbocycles. The summed E-state index contributed by atoms with van der Waals surface area (Å²) in [6, 6.07) is 6.45. The number of nitrogens with two attached hydrogens (primary N) is 1. The molecule has 1 aromatic heterocycles. The number of amides is 1. The van der Waals surface area contributed by atoms with Crippen LogP contribution < -0.4 is 11.1 Å². The van der Waals surface area contributed by atoms with Gasteiger partial charge in [0.2, 0.25) is 0 Å². The first-order valence-corrected chi connectivity index (χ1v) is 9.79. The fraction of sp³-hybridized carbons (Fsp3) is 0.364. The molecule has 0 spiro atoms. The van der Waals surface area contributed by atoms with E-state index in [1.807, 2.05) is 6.92 Å². The normalized spacial score (nSPS) is 17.0. The number of carbonyl (C=O) groups is 1. The van der Waals surface area contributed by atoms with E-state index in [1.165, 1.54) is 30.5 Å². The minimum atomic E-state index is -4.52. The number of nitrogens with one attached hydrogen (secondary N) is 1. The molecule has 0 unspecified atom stereocenters. The van der Waals surface area contributed by atoms with Crippen LogP contribution >= 0.6 is 0 Å². The maximum Gasteiger partial charge on any atom is 0.433 e. The summed E-state index contributed by atoms with van der Waals surface area (Å²) in [4.78, 5) is 16.2. The summed E-state index contributed by atoms with van der Waals surface area (Å²) in [5, 5.41) is 2.79. The van der Waals surface area contributed by atoms with Crippen molar-refractivity contribution in [1.82, 2.24) is 4.98 Å². The summed E-state index contributed by atoms with van der Waals surface area (Å²) in [7, 11) is 0. The van der Waals surface area contributed by atoms with E-state index in [4.69, 9.17) is 5.73 Å². The molecule has 1 aromatic carbocycles. The van der Waals surface area contributed by atoms with Crippen LogP contribution in [0.25, 0.3) is 0 Å². The Labute approximate surface area is 172 Å². The van der Waals surface area contributed by atoms with Crippen molar-refractivity contribution >= 4 is 17.3 Å². The fourth-order valence-electron chi connectivity index (χ4n) is 3.87.